The Hall–Kier alpha value is -1.72. The van der Waals surface area contributed by atoms with Crippen molar-refractivity contribution < 1.29 is 0 Å². The van der Waals surface area contributed by atoms with Gasteiger partial charge in [0.25, 0.3) is 0 Å². The average molecular weight is 470 g/mol. The largest absolute Gasteiger partial charge is 0.349 e. The van der Waals surface area contributed by atoms with Gasteiger partial charge in [-0.05, 0) is 36.4 Å². The predicted octanol–water partition coefficient (Wildman–Crippen LogP) is 6.50. The molecule has 4 nitrogen and oxygen atoms in total. The lowest BCUT2D eigenvalue weighted by Gasteiger charge is -2.24. The van der Waals surface area contributed by atoms with E-state index in [9.17, 15) is 0 Å². The molecule has 0 amide bonds. The molecule has 2 aromatic carbocycles. The average Bonchev–Trinajstić information content (AvgIpc) is 3.03. The van der Waals surface area contributed by atoms with E-state index in [0.717, 1.165) is 28.6 Å². The van der Waals surface area contributed by atoms with Gasteiger partial charge in [0.05, 0.1) is 42.8 Å². The van der Waals surface area contributed by atoms with Crippen molar-refractivity contribution >= 4 is 69.2 Å². The molecule has 0 atom stereocenters. The summed E-state index contributed by atoms with van der Waals surface area (Å²) in [4.78, 5) is 8.53. The molecule has 8 heteroatoms. The molecule has 2 aliphatic rings. The molecule has 0 saturated heterocycles. The van der Waals surface area contributed by atoms with Gasteiger partial charge < -0.3 is 19.6 Å². The number of hydrogen-bond donors (Lipinski definition) is 0. The first-order valence-electron chi connectivity index (χ1n) is 9.00. The number of anilines is 4. The highest BCUT2D eigenvalue weighted by Crippen LogP contribution is 2.45. The highest BCUT2D eigenvalue weighted by atomic mass is 35.5. The number of halogens is 4. The summed E-state index contributed by atoms with van der Waals surface area (Å²) >= 11 is 24.8. The third-order valence-electron chi connectivity index (χ3n) is 5.53. The fourth-order valence-electron chi connectivity index (χ4n) is 3.89. The van der Waals surface area contributed by atoms with Crippen molar-refractivity contribution in [3.63, 3.8) is 0 Å². The van der Waals surface area contributed by atoms with Gasteiger partial charge >= 0.3 is 0 Å². The lowest BCUT2D eigenvalue weighted by atomic mass is 10.2. The fraction of sp³-hybridized carbons (Fsp3) is 0.238. The number of allylic oxidation sites excluding steroid dienone is 2. The lowest BCUT2D eigenvalue weighted by molar-refractivity contribution is 0.774. The van der Waals surface area contributed by atoms with Gasteiger partial charge in [0.2, 0.25) is 0 Å². The van der Waals surface area contributed by atoms with E-state index in [-0.39, 0.29) is 6.17 Å². The van der Waals surface area contributed by atoms with Crippen molar-refractivity contribution in [1.82, 2.24) is 0 Å². The van der Waals surface area contributed by atoms with Crippen LogP contribution >= 0.6 is 46.4 Å². The molecule has 152 valence electrons. The zero-order valence-corrected chi connectivity index (χ0v) is 19.4. The van der Waals surface area contributed by atoms with Crippen molar-refractivity contribution in [2.75, 3.05) is 47.8 Å². The molecule has 0 radical (unpaired) electrons. The van der Waals surface area contributed by atoms with Crippen LogP contribution in [0.25, 0.3) is 0 Å². The first-order chi connectivity index (χ1) is 13.7. The highest BCUT2D eigenvalue weighted by Gasteiger charge is 2.30. The number of hydrogen-bond acceptors (Lipinski definition) is 4. The Morgan fingerprint density at radius 3 is 1.45 bits per heavy atom. The second kappa shape index (κ2) is 7.51. The van der Waals surface area contributed by atoms with Gasteiger partial charge in [-0.1, -0.05) is 52.5 Å². The Bertz CT molecular complexity index is 977. The smallest absolute Gasteiger partial charge is 0.121 e. The fourth-order valence-corrected chi connectivity index (χ4v) is 4.53. The first-order valence-corrected chi connectivity index (χ1v) is 10.5. The van der Waals surface area contributed by atoms with E-state index in [4.69, 9.17) is 46.4 Å². The van der Waals surface area contributed by atoms with E-state index in [1.165, 1.54) is 0 Å². The molecule has 0 aromatic heterocycles. The molecule has 0 aliphatic carbocycles. The topological polar surface area (TPSA) is 13.0 Å². The zero-order valence-electron chi connectivity index (χ0n) is 16.4. The zero-order chi connectivity index (χ0) is 21.0. The molecule has 0 fully saturated rings. The van der Waals surface area contributed by atoms with E-state index >= 15 is 0 Å². The van der Waals surface area contributed by atoms with Crippen LogP contribution in [0.3, 0.4) is 0 Å². The van der Waals surface area contributed by atoms with E-state index in [1.807, 2.05) is 52.5 Å². The van der Waals surface area contributed by atoms with E-state index in [2.05, 4.69) is 37.8 Å². The Morgan fingerprint density at radius 2 is 1.03 bits per heavy atom. The summed E-state index contributed by atoms with van der Waals surface area (Å²) in [6.45, 7) is 0. The maximum Gasteiger partial charge on any atom is 0.121 e. The van der Waals surface area contributed by atoms with Crippen LogP contribution < -0.4 is 19.6 Å². The number of fused-ring (bicyclic) bond motifs is 2. The molecule has 0 bridgehead atoms. The minimum Gasteiger partial charge on any atom is -0.349 e. The summed E-state index contributed by atoms with van der Waals surface area (Å²) in [5.74, 6) is 1.03. The molecule has 0 N–H and O–H groups in total. The van der Waals surface area contributed by atoms with Crippen LogP contribution in [0.1, 0.15) is 0 Å². The molecule has 0 saturated carbocycles. The summed E-state index contributed by atoms with van der Waals surface area (Å²) in [6, 6.07) is 7.60. The Morgan fingerprint density at radius 1 is 0.655 bits per heavy atom. The summed E-state index contributed by atoms with van der Waals surface area (Å²) in [5.41, 5.74) is 4.15. The maximum absolute atomic E-state index is 6.21. The normalized spacial score (nSPS) is 16.3. The van der Waals surface area contributed by atoms with Gasteiger partial charge in [0.1, 0.15) is 12.0 Å². The summed E-state index contributed by atoms with van der Waals surface area (Å²) in [5, 5.41) is 2.21. The standard InChI is InChI=1S/C21H20Cl4N4/c1-26-16-8-12(22)13(23)9-17(16)27(2)20(26)6-5-7-21-28(3)18-10-14(24)15(25)11-19(18)29(21)4/h5-11,20H,1-4H3/b6-5+. The van der Waals surface area contributed by atoms with Gasteiger partial charge in [0.15, 0.2) is 0 Å². The molecule has 0 spiro atoms. The third-order valence-corrected chi connectivity index (χ3v) is 6.97. The Labute approximate surface area is 191 Å². The van der Waals surface area contributed by atoms with Gasteiger partial charge in [-0.2, -0.15) is 0 Å². The van der Waals surface area contributed by atoms with Crippen LogP contribution in [0, 0.1) is 0 Å². The number of nitrogens with zero attached hydrogens (tertiary/aromatic N) is 4. The van der Waals surface area contributed by atoms with Gasteiger partial charge in [0, 0.05) is 28.2 Å². The summed E-state index contributed by atoms with van der Waals surface area (Å²) in [7, 11) is 8.12. The van der Waals surface area contributed by atoms with E-state index in [0.29, 0.717) is 20.1 Å². The highest BCUT2D eigenvalue weighted by molar-refractivity contribution is 6.43. The van der Waals surface area contributed by atoms with Crippen LogP contribution in [0.5, 0.6) is 0 Å². The minimum absolute atomic E-state index is 0.0552. The molecule has 0 unspecified atom stereocenters. The van der Waals surface area contributed by atoms with Crippen molar-refractivity contribution in [1.29, 1.82) is 0 Å². The van der Waals surface area contributed by atoms with Gasteiger partial charge in [-0.3, -0.25) is 0 Å². The number of benzene rings is 2. The van der Waals surface area contributed by atoms with Crippen molar-refractivity contribution in [3.05, 3.63) is 68.4 Å². The van der Waals surface area contributed by atoms with E-state index < -0.39 is 0 Å². The summed E-state index contributed by atoms with van der Waals surface area (Å²) in [6.07, 6.45) is 6.33. The number of likely N-dealkylation sites (N-methyl/N-ethyl adjacent to an activating group) is 2. The minimum atomic E-state index is 0.0552. The SMILES string of the molecule is CN1C(=C/C=C/C2N(C)c3cc(Cl)c(Cl)cc3N2C)N(C)c2cc(Cl)c(Cl)cc21. The van der Waals surface area contributed by atoms with Crippen molar-refractivity contribution in [2.24, 2.45) is 0 Å². The van der Waals surface area contributed by atoms with E-state index in [1.54, 1.807) is 0 Å². The van der Waals surface area contributed by atoms with Gasteiger partial charge in [-0.15, -0.1) is 0 Å². The number of rotatable bonds is 2. The molecule has 2 aromatic rings. The molecule has 2 aliphatic heterocycles. The van der Waals surface area contributed by atoms with Crippen molar-refractivity contribution in [2.45, 2.75) is 6.17 Å². The van der Waals surface area contributed by atoms with Crippen LogP contribution in [-0.4, -0.2) is 34.4 Å². The van der Waals surface area contributed by atoms with Crippen LogP contribution in [0.15, 0.2) is 48.3 Å². The second-order valence-electron chi connectivity index (χ2n) is 7.17. The third kappa shape index (κ3) is 3.32. The van der Waals surface area contributed by atoms with Crippen LogP contribution in [0.4, 0.5) is 22.7 Å². The Balaban J connectivity index is 1.60. The maximum atomic E-state index is 6.21. The molecular weight excluding hydrogens is 450 g/mol. The molecule has 2 heterocycles. The van der Waals surface area contributed by atoms with Crippen LogP contribution in [0.2, 0.25) is 20.1 Å². The van der Waals surface area contributed by atoms with Crippen LogP contribution in [-0.2, 0) is 0 Å². The first kappa shape index (κ1) is 20.5. The lowest BCUT2D eigenvalue weighted by Crippen LogP contribution is -2.37. The quantitative estimate of drug-likeness (QED) is 0.497. The molecule has 29 heavy (non-hydrogen) atoms. The molecule has 4 rings (SSSR count). The van der Waals surface area contributed by atoms with Gasteiger partial charge in [-0.25, -0.2) is 0 Å². The summed E-state index contributed by atoms with van der Waals surface area (Å²) < 4.78 is 0. The monoisotopic (exact) mass is 468 g/mol. The molecular formula is C21H20Cl4N4. The predicted molar refractivity (Wildman–Crippen MR) is 128 cm³/mol. The van der Waals surface area contributed by atoms with Crippen molar-refractivity contribution in [3.8, 4) is 0 Å². The Kier molecular flexibility index (Phi) is 5.32. The second-order valence-corrected chi connectivity index (χ2v) is 8.80.